The molecule has 1 fully saturated rings. The average molecular weight is 371 g/mol. The quantitative estimate of drug-likeness (QED) is 0.556. The fourth-order valence-electron chi connectivity index (χ4n) is 2.61. The van der Waals surface area contributed by atoms with Crippen molar-refractivity contribution in [1.82, 2.24) is 20.9 Å². The summed E-state index contributed by atoms with van der Waals surface area (Å²) in [5, 5.41) is 18.3. The van der Waals surface area contributed by atoms with Crippen molar-refractivity contribution in [2.75, 3.05) is 33.2 Å². The van der Waals surface area contributed by atoms with E-state index in [1.54, 1.807) is 11.9 Å². The van der Waals surface area contributed by atoms with Gasteiger partial charge in [0.15, 0.2) is 0 Å². The maximum absolute atomic E-state index is 12.0. The second-order valence-corrected chi connectivity index (χ2v) is 6.11. The van der Waals surface area contributed by atoms with Crippen LogP contribution in [0.2, 0.25) is 0 Å². The molecule has 25 heavy (non-hydrogen) atoms. The third kappa shape index (κ3) is 7.29. The van der Waals surface area contributed by atoms with Gasteiger partial charge in [-0.2, -0.15) is 0 Å². The molecule has 140 valence electrons. The smallest absolute Gasteiger partial charge is 0.317 e. The molecule has 1 aliphatic rings. The number of nitrogens with zero attached hydrogens (tertiary/aromatic N) is 1. The molecule has 0 bridgehead atoms. The first-order valence-corrected chi connectivity index (χ1v) is 8.24. The fraction of sp³-hybridized carbons (Fsp3) is 0.529. The zero-order valence-electron chi connectivity index (χ0n) is 14.4. The van der Waals surface area contributed by atoms with E-state index in [4.69, 9.17) is 0 Å². The molecule has 3 amide bonds. The van der Waals surface area contributed by atoms with Crippen LogP contribution in [0.5, 0.6) is 0 Å². The van der Waals surface area contributed by atoms with Gasteiger partial charge in [0, 0.05) is 52.1 Å². The number of nitrogens with one attached hydrogen (secondary N) is 3. The summed E-state index contributed by atoms with van der Waals surface area (Å²) in [6.45, 7) is 2.54. The number of hydrogen-bond donors (Lipinski definition) is 4. The van der Waals surface area contributed by atoms with Crippen LogP contribution in [0.4, 0.5) is 4.79 Å². The molecular weight excluding hydrogens is 344 g/mol. The zero-order valence-corrected chi connectivity index (χ0v) is 15.2. The van der Waals surface area contributed by atoms with Crippen molar-refractivity contribution < 1.29 is 14.7 Å². The predicted molar refractivity (Wildman–Crippen MR) is 98.5 cm³/mol. The van der Waals surface area contributed by atoms with E-state index in [0.717, 1.165) is 5.56 Å². The van der Waals surface area contributed by atoms with Gasteiger partial charge in [-0.25, -0.2) is 4.79 Å². The van der Waals surface area contributed by atoms with Crippen LogP contribution in [0.15, 0.2) is 30.3 Å². The number of β-amino-alcohol motifs (C(OH)–C–C–N with tert-alkyl or cyclic N) is 1. The summed E-state index contributed by atoms with van der Waals surface area (Å²) in [4.78, 5) is 25.3. The summed E-state index contributed by atoms with van der Waals surface area (Å²) in [7, 11) is 1.72. The van der Waals surface area contributed by atoms with Crippen LogP contribution < -0.4 is 16.0 Å². The molecule has 1 saturated heterocycles. The molecule has 2 unspecified atom stereocenters. The van der Waals surface area contributed by atoms with Crippen molar-refractivity contribution in [3.8, 4) is 0 Å². The van der Waals surface area contributed by atoms with Crippen molar-refractivity contribution in [3.63, 3.8) is 0 Å². The SMILES string of the molecule is CN(Cc1ccccc1)C(=O)NCCC(=O)NCC1CNCC1O.Cl. The van der Waals surface area contributed by atoms with Gasteiger partial charge in [-0.3, -0.25) is 4.79 Å². The summed E-state index contributed by atoms with van der Waals surface area (Å²) in [5.74, 6) is -0.0688. The second kappa shape index (κ2) is 10.9. The number of aliphatic hydroxyl groups is 1. The lowest BCUT2D eigenvalue weighted by Gasteiger charge is -2.18. The number of aliphatic hydroxyl groups excluding tert-OH is 1. The molecule has 2 rings (SSSR count). The van der Waals surface area contributed by atoms with Crippen LogP contribution in [0.1, 0.15) is 12.0 Å². The highest BCUT2D eigenvalue weighted by Gasteiger charge is 2.24. The van der Waals surface area contributed by atoms with E-state index in [9.17, 15) is 14.7 Å². The van der Waals surface area contributed by atoms with Gasteiger partial charge in [0.1, 0.15) is 0 Å². The number of carbonyl (C=O) groups is 2. The summed E-state index contributed by atoms with van der Waals surface area (Å²) < 4.78 is 0. The highest BCUT2D eigenvalue weighted by atomic mass is 35.5. The fourth-order valence-corrected chi connectivity index (χ4v) is 2.61. The van der Waals surface area contributed by atoms with Crippen LogP contribution >= 0.6 is 12.4 Å². The summed E-state index contributed by atoms with van der Waals surface area (Å²) in [6, 6.07) is 9.52. The Morgan fingerprint density at radius 1 is 1.24 bits per heavy atom. The van der Waals surface area contributed by atoms with Crippen molar-refractivity contribution in [1.29, 1.82) is 0 Å². The monoisotopic (exact) mass is 370 g/mol. The van der Waals surface area contributed by atoms with Gasteiger partial charge in [0.05, 0.1) is 6.10 Å². The van der Waals surface area contributed by atoms with Gasteiger partial charge in [0.25, 0.3) is 0 Å². The molecule has 7 nitrogen and oxygen atoms in total. The second-order valence-electron chi connectivity index (χ2n) is 6.11. The largest absolute Gasteiger partial charge is 0.391 e. The topological polar surface area (TPSA) is 93.7 Å². The van der Waals surface area contributed by atoms with E-state index in [1.807, 2.05) is 30.3 Å². The summed E-state index contributed by atoms with van der Waals surface area (Å²) >= 11 is 0. The third-order valence-electron chi connectivity index (χ3n) is 4.10. The zero-order chi connectivity index (χ0) is 17.4. The highest BCUT2D eigenvalue weighted by Crippen LogP contribution is 2.07. The van der Waals surface area contributed by atoms with Gasteiger partial charge in [-0.05, 0) is 5.56 Å². The first-order chi connectivity index (χ1) is 11.6. The lowest BCUT2D eigenvalue weighted by molar-refractivity contribution is -0.121. The molecule has 0 aliphatic carbocycles. The minimum atomic E-state index is -0.406. The molecule has 0 aromatic heterocycles. The Bertz CT molecular complexity index is 544. The Morgan fingerprint density at radius 2 is 1.96 bits per heavy atom. The van der Waals surface area contributed by atoms with Gasteiger partial charge in [-0.15, -0.1) is 12.4 Å². The molecule has 1 heterocycles. The molecule has 1 aromatic carbocycles. The third-order valence-corrected chi connectivity index (χ3v) is 4.10. The molecule has 4 N–H and O–H groups in total. The average Bonchev–Trinajstić information content (AvgIpc) is 2.99. The number of benzene rings is 1. The van der Waals surface area contributed by atoms with Gasteiger partial charge >= 0.3 is 6.03 Å². The highest BCUT2D eigenvalue weighted by molar-refractivity contribution is 5.85. The van der Waals surface area contributed by atoms with Crippen LogP contribution in [0.25, 0.3) is 0 Å². The number of hydrogen-bond acceptors (Lipinski definition) is 4. The maximum atomic E-state index is 12.0. The van der Waals surface area contributed by atoms with Crippen molar-refractivity contribution in [2.45, 2.75) is 19.1 Å². The minimum Gasteiger partial charge on any atom is -0.391 e. The van der Waals surface area contributed by atoms with Crippen molar-refractivity contribution in [3.05, 3.63) is 35.9 Å². The molecular formula is C17H27ClN4O3. The Hall–Kier alpha value is -1.83. The first-order valence-electron chi connectivity index (χ1n) is 8.24. The number of rotatable bonds is 7. The lowest BCUT2D eigenvalue weighted by atomic mass is 10.1. The van der Waals surface area contributed by atoms with Gasteiger partial charge in [-0.1, -0.05) is 30.3 Å². The molecule has 0 radical (unpaired) electrons. The van der Waals surface area contributed by atoms with E-state index in [2.05, 4.69) is 16.0 Å². The minimum absolute atomic E-state index is 0. The first kappa shape index (κ1) is 21.2. The van der Waals surface area contributed by atoms with Crippen LogP contribution in [0, 0.1) is 5.92 Å². The number of amides is 3. The Balaban J connectivity index is 0.00000312. The van der Waals surface area contributed by atoms with Gasteiger partial charge in [0.2, 0.25) is 5.91 Å². The van der Waals surface area contributed by atoms with Crippen molar-refractivity contribution >= 4 is 24.3 Å². The molecule has 0 spiro atoms. The van der Waals surface area contributed by atoms with E-state index in [-0.39, 0.29) is 43.2 Å². The number of carbonyl (C=O) groups excluding carboxylic acids is 2. The summed E-state index contributed by atoms with van der Waals surface area (Å²) in [5.41, 5.74) is 1.05. The Morgan fingerprint density at radius 3 is 2.60 bits per heavy atom. The van der Waals surface area contributed by atoms with Crippen molar-refractivity contribution in [2.24, 2.45) is 5.92 Å². The van der Waals surface area contributed by atoms with Gasteiger partial charge < -0.3 is 26.0 Å². The molecule has 1 aliphatic heterocycles. The van der Waals surface area contributed by atoms with Crippen LogP contribution in [-0.2, 0) is 11.3 Å². The molecule has 0 saturated carbocycles. The Kier molecular flexibility index (Phi) is 9.26. The molecule has 2 atom stereocenters. The lowest BCUT2D eigenvalue weighted by Crippen LogP contribution is -2.40. The maximum Gasteiger partial charge on any atom is 0.317 e. The number of urea groups is 1. The number of halogens is 1. The van der Waals surface area contributed by atoms with Crippen LogP contribution in [0.3, 0.4) is 0 Å². The molecule has 1 aromatic rings. The van der Waals surface area contributed by atoms with E-state index < -0.39 is 6.10 Å². The van der Waals surface area contributed by atoms with Crippen LogP contribution in [-0.4, -0.2) is 61.3 Å². The standard InChI is InChI=1S/C17H26N4O3.ClH/c1-21(12-13-5-3-2-4-6-13)17(24)19-8-7-16(23)20-10-14-9-18-11-15(14)22;/h2-6,14-15,18,22H,7-12H2,1H3,(H,19,24)(H,20,23);1H. The Labute approximate surface area is 154 Å². The normalized spacial score (nSPS) is 19.0. The van der Waals surface area contributed by atoms with E-state index in [1.165, 1.54) is 0 Å². The molecule has 8 heteroatoms. The predicted octanol–water partition coefficient (Wildman–Crippen LogP) is 0.336. The van der Waals surface area contributed by atoms with E-state index >= 15 is 0 Å². The summed E-state index contributed by atoms with van der Waals surface area (Å²) in [6.07, 6.45) is -0.183. The van der Waals surface area contributed by atoms with E-state index in [0.29, 0.717) is 26.2 Å².